The maximum absolute atomic E-state index is 12.4. The Morgan fingerprint density at radius 3 is 2.48 bits per heavy atom. The monoisotopic (exact) mass is 290 g/mol. The van der Waals surface area contributed by atoms with Gasteiger partial charge in [0.1, 0.15) is 6.54 Å². The summed E-state index contributed by atoms with van der Waals surface area (Å²) in [7, 11) is 0. The van der Waals surface area contributed by atoms with Crippen molar-refractivity contribution in [2.24, 2.45) is 0 Å². The van der Waals surface area contributed by atoms with E-state index in [-0.39, 0.29) is 24.7 Å². The molecule has 0 spiro atoms. The second-order valence-corrected chi connectivity index (χ2v) is 5.54. The predicted molar refractivity (Wildman–Crippen MR) is 80.0 cm³/mol. The highest BCUT2D eigenvalue weighted by Gasteiger charge is 2.29. The number of carbonyl (C=O) groups excluding carboxylic acids is 1. The van der Waals surface area contributed by atoms with Crippen LogP contribution in [0.1, 0.15) is 44.2 Å². The van der Waals surface area contributed by atoms with Crippen molar-refractivity contribution in [1.29, 1.82) is 0 Å². The topological polar surface area (TPSA) is 69.6 Å². The van der Waals surface area contributed by atoms with E-state index in [9.17, 15) is 9.59 Å². The highest BCUT2D eigenvalue weighted by atomic mass is 16.4. The molecule has 21 heavy (non-hydrogen) atoms. The number of benzene rings is 1. The molecule has 1 atom stereocenters. The minimum Gasteiger partial charge on any atom is -0.480 e. The lowest BCUT2D eigenvalue weighted by molar-refractivity contribution is -0.138. The molecule has 0 aliphatic heterocycles. The van der Waals surface area contributed by atoms with Gasteiger partial charge >= 0.3 is 12.0 Å². The highest BCUT2D eigenvalue weighted by Crippen LogP contribution is 2.24. The molecule has 1 fully saturated rings. The van der Waals surface area contributed by atoms with E-state index in [0.29, 0.717) is 0 Å². The number of nitrogens with zero attached hydrogens (tertiary/aromatic N) is 1. The minimum atomic E-state index is -0.968. The van der Waals surface area contributed by atoms with Crippen molar-refractivity contribution in [3.05, 3.63) is 35.9 Å². The molecule has 5 heteroatoms. The number of carbonyl (C=O) groups is 2. The van der Waals surface area contributed by atoms with E-state index in [0.717, 1.165) is 31.2 Å². The van der Waals surface area contributed by atoms with Crippen LogP contribution in [0.25, 0.3) is 0 Å². The van der Waals surface area contributed by atoms with Gasteiger partial charge in [-0.1, -0.05) is 43.2 Å². The molecule has 0 aromatic heterocycles. The molecular formula is C16H22N2O3. The lowest BCUT2D eigenvalue weighted by atomic mass is 10.1. The molecule has 5 nitrogen and oxygen atoms in total. The third-order valence-corrected chi connectivity index (χ3v) is 3.97. The zero-order valence-electron chi connectivity index (χ0n) is 12.3. The molecular weight excluding hydrogens is 268 g/mol. The molecule has 2 amide bonds. The van der Waals surface area contributed by atoms with E-state index in [4.69, 9.17) is 5.11 Å². The fraction of sp³-hybridized carbons (Fsp3) is 0.500. The fourth-order valence-electron chi connectivity index (χ4n) is 2.82. The number of urea groups is 1. The van der Waals surface area contributed by atoms with Gasteiger partial charge in [-0.05, 0) is 25.3 Å². The van der Waals surface area contributed by atoms with Gasteiger partial charge in [0.25, 0.3) is 0 Å². The molecule has 2 N–H and O–H groups in total. The van der Waals surface area contributed by atoms with E-state index >= 15 is 0 Å². The van der Waals surface area contributed by atoms with Gasteiger partial charge in [-0.25, -0.2) is 4.79 Å². The van der Waals surface area contributed by atoms with Gasteiger partial charge < -0.3 is 15.3 Å². The summed E-state index contributed by atoms with van der Waals surface area (Å²) in [5.41, 5.74) is 1.01. The van der Waals surface area contributed by atoms with Gasteiger partial charge in [0.2, 0.25) is 0 Å². The van der Waals surface area contributed by atoms with Crippen molar-refractivity contribution in [2.45, 2.75) is 44.7 Å². The summed E-state index contributed by atoms with van der Waals surface area (Å²) in [5.74, 6) is -0.968. The summed E-state index contributed by atoms with van der Waals surface area (Å²) in [5, 5.41) is 11.9. The molecule has 1 unspecified atom stereocenters. The second-order valence-electron chi connectivity index (χ2n) is 5.54. The number of hydrogen-bond donors (Lipinski definition) is 2. The molecule has 0 bridgehead atoms. The van der Waals surface area contributed by atoms with Gasteiger partial charge in [-0.3, -0.25) is 4.79 Å². The number of carboxylic acid groups (broad SMARTS) is 1. The molecule has 1 saturated carbocycles. The van der Waals surface area contributed by atoms with Crippen molar-refractivity contribution in [1.82, 2.24) is 10.2 Å². The molecule has 0 radical (unpaired) electrons. The summed E-state index contributed by atoms with van der Waals surface area (Å²) in [4.78, 5) is 24.9. The first-order chi connectivity index (χ1) is 10.1. The first-order valence-electron chi connectivity index (χ1n) is 7.42. The van der Waals surface area contributed by atoms with E-state index < -0.39 is 5.97 Å². The zero-order valence-corrected chi connectivity index (χ0v) is 12.3. The van der Waals surface area contributed by atoms with Gasteiger partial charge in [0.05, 0.1) is 6.04 Å². The van der Waals surface area contributed by atoms with Gasteiger partial charge in [0.15, 0.2) is 0 Å². The van der Waals surface area contributed by atoms with Crippen molar-refractivity contribution in [3.8, 4) is 0 Å². The van der Waals surface area contributed by atoms with Crippen LogP contribution in [0.2, 0.25) is 0 Å². The maximum Gasteiger partial charge on any atom is 0.323 e. The Kier molecular flexibility index (Phi) is 5.20. The Labute approximate surface area is 125 Å². The van der Waals surface area contributed by atoms with Crippen LogP contribution in [0.5, 0.6) is 0 Å². The number of amides is 2. The molecule has 1 aliphatic carbocycles. The van der Waals surface area contributed by atoms with Crippen LogP contribution in [0.4, 0.5) is 4.79 Å². The van der Waals surface area contributed by atoms with Crippen LogP contribution in [0, 0.1) is 0 Å². The standard InChI is InChI=1S/C16H22N2O3/c1-12(13-7-3-2-4-8-13)17-16(21)18(11-15(19)20)14-9-5-6-10-14/h2-4,7-8,12,14H,5-6,9-11H2,1H3,(H,17,21)(H,19,20). The fourth-order valence-corrected chi connectivity index (χ4v) is 2.82. The molecule has 1 aliphatic rings. The Balaban J connectivity index is 2.02. The highest BCUT2D eigenvalue weighted by molar-refractivity contribution is 5.80. The Morgan fingerprint density at radius 1 is 1.29 bits per heavy atom. The van der Waals surface area contributed by atoms with E-state index in [1.54, 1.807) is 0 Å². The smallest absolute Gasteiger partial charge is 0.323 e. The summed E-state index contributed by atoms with van der Waals surface area (Å²) in [6, 6.07) is 9.27. The second kappa shape index (κ2) is 7.11. The van der Waals surface area contributed by atoms with Crippen LogP contribution in [-0.4, -0.2) is 34.6 Å². The average molecular weight is 290 g/mol. The Bertz CT molecular complexity index is 484. The number of carboxylic acids is 1. The van der Waals surface area contributed by atoms with Crippen molar-refractivity contribution in [2.75, 3.05) is 6.54 Å². The van der Waals surface area contributed by atoms with Crippen LogP contribution in [0.15, 0.2) is 30.3 Å². The maximum atomic E-state index is 12.4. The third-order valence-electron chi connectivity index (χ3n) is 3.97. The lowest BCUT2D eigenvalue weighted by Crippen LogP contribution is -2.48. The van der Waals surface area contributed by atoms with E-state index in [2.05, 4.69) is 5.32 Å². The molecule has 2 rings (SSSR count). The lowest BCUT2D eigenvalue weighted by Gasteiger charge is -2.29. The van der Waals surface area contributed by atoms with Crippen LogP contribution >= 0.6 is 0 Å². The Hall–Kier alpha value is -2.04. The SMILES string of the molecule is CC(NC(=O)N(CC(=O)O)C1CCCC1)c1ccccc1. The minimum absolute atomic E-state index is 0.0454. The molecule has 1 aromatic carbocycles. The van der Waals surface area contributed by atoms with Crippen LogP contribution < -0.4 is 5.32 Å². The Morgan fingerprint density at radius 2 is 1.90 bits per heavy atom. The number of hydrogen-bond acceptors (Lipinski definition) is 2. The van der Waals surface area contributed by atoms with E-state index in [1.807, 2.05) is 37.3 Å². The number of nitrogens with one attached hydrogen (secondary N) is 1. The largest absolute Gasteiger partial charge is 0.480 e. The number of aliphatic carboxylic acids is 1. The van der Waals surface area contributed by atoms with Gasteiger partial charge in [-0.15, -0.1) is 0 Å². The summed E-state index contributed by atoms with van der Waals surface area (Å²) in [6.07, 6.45) is 3.89. The van der Waals surface area contributed by atoms with Crippen LogP contribution in [-0.2, 0) is 4.79 Å². The molecule has 1 aromatic rings. The van der Waals surface area contributed by atoms with Gasteiger partial charge in [0, 0.05) is 6.04 Å². The van der Waals surface area contributed by atoms with Crippen LogP contribution in [0.3, 0.4) is 0 Å². The first-order valence-corrected chi connectivity index (χ1v) is 7.42. The van der Waals surface area contributed by atoms with Crippen molar-refractivity contribution >= 4 is 12.0 Å². The van der Waals surface area contributed by atoms with E-state index in [1.165, 1.54) is 4.90 Å². The summed E-state index contributed by atoms with van der Waals surface area (Å²) in [6.45, 7) is 1.67. The normalized spacial score (nSPS) is 16.4. The summed E-state index contributed by atoms with van der Waals surface area (Å²) < 4.78 is 0. The van der Waals surface area contributed by atoms with Crippen molar-refractivity contribution < 1.29 is 14.7 Å². The quantitative estimate of drug-likeness (QED) is 0.876. The van der Waals surface area contributed by atoms with Gasteiger partial charge in [-0.2, -0.15) is 0 Å². The molecule has 0 saturated heterocycles. The zero-order chi connectivity index (χ0) is 15.2. The third kappa shape index (κ3) is 4.21. The average Bonchev–Trinajstić information content (AvgIpc) is 2.99. The van der Waals surface area contributed by atoms with Crippen molar-refractivity contribution in [3.63, 3.8) is 0 Å². The first kappa shape index (κ1) is 15.4. The number of rotatable bonds is 5. The molecule has 0 heterocycles. The summed E-state index contributed by atoms with van der Waals surface area (Å²) >= 11 is 0. The predicted octanol–water partition coefficient (Wildman–Crippen LogP) is 2.79. The molecule has 114 valence electrons.